The number of amides is 1. The van der Waals surface area contributed by atoms with Crippen LogP contribution in [-0.4, -0.2) is 27.0 Å². The maximum Gasteiger partial charge on any atom is 0.265 e. The summed E-state index contributed by atoms with van der Waals surface area (Å²) in [5.74, 6) is 0.960. The zero-order valence-corrected chi connectivity index (χ0v) is 20.9. The Kier molecular flexibility index (Phi) is 7.75. The lowest BCUT2D eigenvalue weighted by Gasteiger charge is -2.18. The summed E-state index contributed by atoms with van der Waals surface area (Å²) in [6.07, 6.45) is -0.229. The van der Waals surface area contributed by atoms with Crippen LogP contribution < -0.4 is 19.5 Å². The van der Waals surface area contributed by atoms with Gasteiger partial charge in [0.15, 0.2) is 6.10 Å². The SMILES string of the molecule is CCOc1ccc(NS(=O)(=O)c2ccc(NC(=O)[C@@H](CC)Oc3ccc4ccccc4c3)cc2)cc1. The van der Waals surface area contributed by atoms with Crippen molar-refractivity contribution in [3.05, 3.63) is 91.0 Å². The average Bonchev–Trinajstić information content (AvgIpc) is 2.88. The van der Waals surface area contributed by atoms with Gasteiger partial charge in [-0.3, -0.25) is 9.52 Å². The molecule has 4 aromatic rings. The van der Waals surface area contributed by atoms with Crippen LogP contribution in [0.4, 0.5) is 11.4 Å². The molecule has 4 rings (SSSR count). The van der Waals surface area contributed by atoms with Crippen LogP contribution in [0.2, 0.25) is 0 Å². The summed E-state index contributed by atoms with van der Waals surface area (Å²) in [6, 6.07) is 26.3. The van der Waals surface area contributed by atoms with E-state index in [4.69, 9.17) is 9.47 Å². The van der Waals surface area contributed by atoms with Crippen molar-refractivity contribution in [3.8, 4) is 11.5 Å². The summed E-state index contributed by atoms with van der Waals surface area (Å²) in [5.41, 5.74) is 0.896. The highest BCUT2D eigenvalue weighted by Crippen LogP contribution is 2.23. The Labute approximate surface area is 211 Å². The Morgan fingerprint density at radius 3 is 2.11 bits per heavy atom. The van der Waals surface area contributed by atoms with Gasteiger partial charge in [0.2, 0.25) is 0 Å². The zero-order valence-electron chi connectivity index (χ0n) is 20.1. The molecule has 0 aliphatic heterocycles. The molecule has 0 radical (unpaired) electrons. The zero-order chi connectivity index (χ0) is 25.5. The first-order chi connectivity index (χ1) is 17.4. The molecule has 0 saturated heterocycles. The van der Waals surface area contributed by atoms with Crippen molar-refractivity contribution in [1.82, 2.24) is 0 Å². The van der Waals surface area contributed by atoms with Crippen LogP contribution in [0.25, 0.3) is 10.8 Å². The Hall–Kier alpha value is -4.04. The molecule has 36 heavy (non-hydrogen) atoms. The fourth-order valence-electron chi connectivity index (χ4n) is 3.67. The van der Waals surface area contributed by atoms with E-state index in [2.05, 4.69) is 10.0 Å². The van der Waals surface area contributed by atoms with Crippen LogP contribution in [0, 0.1) is 0 Å². The number of fused-ring (bicyclic) bond motifs is 1. The molecule has 2 N–H and O–H groups in total. The predicted molar refractivity (Wildman–Crippen MR) is 142 cm³/mol. The van der Waals surface area contributed by atoms with E-state index < -0.39 is 16.1 Å². The first kappa shape index (κ1) is 25.1. The second-order valence-corrected chi connectivity index (χ2v) is 9.78. The molecule has 8 heteroatoms. The van der Waals surface area contributed by atoms with Crippen molar-refractivity contribution >= 4 is 38.1 Å². The third-order valence-corrected chi connectivity index (χ3v) is 6.91. The number of ether oxygens (including phenoxy) is 2. The molecule has 1 amide bonds. The van der Waals surface area contributed by atoms with Crippen molar-refractivity contribution in [2.24, 2.45) is 0 Å². The van der Waals surface area contributed by atoms with E-state index in [9.17, 15) is 13.2 Å². The number of hydrogen-bond acceptors (Lipinski definition) is 5. The molecular formula is C28H28N2O5S. The standard InChI is InChI=1S/C28H28N2O5S/c1-3-27(35-25-14-9-20-7-5-6-8-21(20)19-25)28(31)29-22-12-17-26(18-13-22)36(32,33)30-23-10-15-24(16-11-23)34-4-2/h5-19,27,30H,3-4H2,1-2H3,(H,29,31)/t27-/m1/s1. The van der Waals surface area contributed by atoms with Crippen LogP contribution in [0.1, 0.15) is 20.3 Å². The normalized spacial score (nSPS) is 12.1. The monoisotopic (exact) mass is 504 g/mol. The number of anilines is 2. The number of nitrogens with one attached hydrogen (secondary N) is 2. The third-order valence-electron chi connectivity index (χ3n) is 5.51. The molecule has 0 aliphatic rings. The van der Waals surface area contributed by atoms with Crippen molar-refractivity contribution in [2.75, 3.05) is 16.6 Å². The van der Waals surface area contributed by atoms with Gasteiger partial charge in [-0.1, -0.05) is 37.3 Å². The average molecular weight is 505 g/mol. The van der Waals surface area contributed by atoms with E-state index in [0.717, 1.165) is 10.8 Å². The summed E-state index contributed by atoms with van der Waals surface area (Å²) >= 11 is 0. The highest BCUT2D eigenvalue weighted by Gasteiger charge is 2.20. The van der Waals surface area contributed by atoms with E-state index >= 15 is 0 Å². The second kappa shape index (κ2) is 11.1. The minimum atomic E-state index is -3.79. The number of benzene rings is 4. The van der Waals surface area contributed by atoms with E-state index in [1.165, 1.54) is 12.1 Å². The van der Waals surface area contributed by atoms with Crippen molar-refractivity contribution in [3.63, 3.8) is 0 Å². The van der Waals surface area contributed by atoms with Crippen LogP contribution in [0.5, 0.6) is 11.5 Å². The Morgan fingerprint density at radius 1 is 0.806 bits per heavy atom. The molecule has 0 aliphatic carbocycles. The molecule has 4 aromatic carbocycles. The molecule has 0 bridgehead atoms. The minimum absolute atomic E-state index is 0.0776. The number of rotatable bonds is 10. The number of sulfonamides is 1. The van der Waals surface area contributed by atoms with Crippen molar-refractivity contribution < 1.29 is 22.7 Å². The van der Waals surface area contributed by atoms with Crippen molar-refractivity contribution in [2.45, 2.75) is 31.3 Å². The Balaban J connectivity index is 1.39. The minimum Gasteiger partial charge on any atom is -0.494 e. The van der Waals surface area contributed by atoms with Gasteiger partial charge in [-0.05, 0) is 84.8 Å². The summed E-state index contributed by atoms with van der Waals surface area (Å²) in [4.78, 5) is 12.9. The molecule has 0 heterocycles. The lowest BCUT2D eigenvalue weighted by Crippen LogP contribution is -2.32. The van der Waals surface area contributed by atoms with Gasteiger partial charge in [-0.15, -0.1) is 0 Å². The van der Waals surface area contributed by atoms with Crippen molar-refractivity contribution in [1.29, 1.82) is 0 Å². The molecule has 0 spiro atoms. The second-order valence-electron chi connectivity index (χ2n) is 8.10. The number of carbonyl (C=O) groups is 1. The maximum atomic E-state index is 12.8. The van der Waals surface area contributed by atoms with Gasteiger partial charge in [0, 0.05) is 11.4 Å². The van der Waals surface area contributed by atoms with E-state index in [-0.39, 0.29) is 10.8 Å². The quantitative estimate of drug-likeness (QED) is 0.283. The van der Waals surface area contributed by atoms with Crippen LogP contribution in [-0.2, 0) is 14.8 Å². The van der Waals surface area contributed by atoms with E-state index in [1.54, 1.807) is 36.4 Å². The van der Waals surface area contributed by atoms with Gasteiger partial charge in [-0.25, -0.2) is 8.42 Å². The first-order valence-electron chi connectivity index (χ1n) is 11.7. The Morgan fingerprint density at radius 2 is 1.44 bits per heavy atom. The number of carbonyl (C=O) groups excluding carboxylic acids is 1. The molecule has 0 fully saturated rings. The highest BCUT2D eigenvalue weighted by atomic mass is 32.2. The van der Waals surface area contributed by atoms with E-state index in [1.807, 2.05) is 56.3 Å². The van der Waals surface area contributed by atoms with Gasteiger partial charge in [0.05, 0.1) is 11.5 Å². The third kappa shape index (κ3) is 6.14. The van der Waals surface area contributed by atoms with Crippen LogP contribution in [0.15, 0.2) is 95.9 Å². The molecule has 186 valence electrons. The van der Waals surface area contributed by atoms with Gasteiger partial charge in [0.25, 0.3) is 15.9 Å². The maximum absolute atomic E-state index is 12.8. The smallest absolute Gasteiger partial charge is 0.265 e. The fraction of sp³-hybridized carbons (Fsp3) is 0.179. The topological polar surface area (TPSA) is 93.7 Å². The van der Waals surface area contributed by atoms with Gasteiger partial charge < -0.3 is 14.8 Å². The largest absolute Gasteiger partial charge is 0.494 e. The number of hydrogen-bond donors (Lipinski definition) is 2. The summed E-state index contributed by atoms with van der Waals surface area (Å²) in [6.45, 7) is 4.28. The first-order valence-corrected chi connectivity index (χ1v) is 13.2. The Bertz CT molecular complexity index is 1440. The molecule has 0 unspecified atom stereocenters. The molecule has 0 saturated carbocycles. The molecule has 7 nitrogen and oxygen atoms in total. The van der Waals surface area contributed by atoms with Crippen LogP contribution >= 0.6 is 0 Å². The molecule has 0 aromatic heterocycles. The molecular weight excluding hydrogens is 476 g/mol. The summed E-state index contributed by atoms with van der Waals surface area (Å²) in [5, 5.41) is 4.92. The lowest BCUT2D eigenvalue weighted by molar-refractivity contribution is -0.122. The highest BCUT2D eigenvalue weighted by molar-refractivity contribution is 7.92. The van der Waals surface area contributed by atoms with E-state index in [0.29, 0.717) is 35.9 Å². The predicted octanol–water partition coefficient (Wildman–Crippen LogP) is 5.84. The summed E-state index contributed by atoms with van der Waals surface area (Å²) < 4.78 is 39.4. The summed E-state index contributed by atoms with van der Waals surface area (Å²) in [7, 11) is -3.79. The van der Waals surface area contributed by atoms with Gasteiger partial charge >= 0.3 is 0 Å². The van der Waals surface area contributed by atoms with Crippen LogP contribution in [0.3, 0.4) is 0 Å². The lowest BCUT2D eigenvalue weighted by atomic mass is 10.1. The molecule has 1 atom stereocenters. The van der Waals surface area contributed by atoms with Gasteiger partial charge in [0.1, 0.15) is 11.5 Å². The van der Waals surface area contributed by atoms with Gasteiger partial charge in [-0.2, -0.15) is 0 Å². The fourth-order valence-corrected chi connectivity index (χ4v) is 4.73.